The van der Waals surface area contributed by atoms with E-state index in [0.29, 0.717) is 84.2 Å². The van der Waals surface area contributed by atoms with Crippen LogP contribution in [0.1, 0.15) is 137 Å². The Hall–Kier alpha value is -0.610. The van der Waals surface area contributed by atoms with Crippen LogP contribution in [0.15, 0.2) is 0 Å². The van der Waals surface area contributed by atoms with Crippen LogP contribution < -0.4 is 37.2 Å². The second-order valence-electron chi connectivity index (χ2n) is 19.2. The fraction of sp³-hybridized carbons (Fsp3) is 0.976. The summed E-state index contributed by atoms with van der Waals surface area (Å²) in [4.78, 5) is 0. The van der Waals surface area contributed by atoms with Crippen molar-refractivity contribution in [3.8, 4) is 0 Å². The average Bonchev–Trinajstić information content (AvgIpc) is 3.79. The third-order valence-corrected chi connectivity index (χ3v) is 17.0. The Balaban J connectivity index is 1.14. The van der Waals surface area contributed by atoms with Crippen LogP contribution in [0, 0.1) is 76.4 Å². The van der Waals surface area contributed by atoms with Gasteiger partial charge in [-0.1, -0.05) is 79.1 Å². The van der Waals surface area contributed by atoms with E-state index in [2.05, 4.69) is 71.8 Å². The number of hydrogen-bond donors (Lipinski definition) is 8. The molecule has 8 aliphatic rings. The maximum atomic E-state index is 8.88. The van der Waals surface area contributed by atoms with E-state index in [1.807, 2.05) is 6.21 Å². The third kappa shape index (κ3) is 6.92. The lowest BCUT2D eigenvalue weighted by Crippen LogP contribution is -2.59. The molecule has 0 spiro atoms. The summed E-state index contributed by atoms with van der Waals surface area (Å²) in [5.74, 6) is 8.46. The maximum absolute atomic E-state index is 8.88. The van der Waals surface area contributed by atoms with E-state index in [9.17, 15) is 0 Å². The van der Waals surface area contributed by atoms with Crippen molar-refractivity contribution >= 4 is 6.21 Å². The summed E-state index contributed by atoms with van der Waals surface area (Å²) in [7, 11) is 0. The number of fused-ring (bicyclic) bond motifs is 16. The smallest absolute Gasteiger partial charge is 0.0628 e. The van der Waals surface area contributed by atoms with E-state index in [1.165, 1.54) is 103 Å². The molecule has 0 amide bonds. The Morgan fingerprint density at radius 3 is 1.10 bits per heavy atom. The fourth-order valence-electron chi connectivity index (χ4n) is 13.8. The van der Waals surface area contributed by atoms with E-state index < -0.39 is 0 Å². The van der Waals surface area contributed by atoms with Crippen molar-refractivity contribution < 1.29 is 0 Å². The summed E-state index contributed by atoms with van der Waals surface area (Å²) in [6.45, 7) is 12.2. The van der Waals surface area contributed by atoms with Crippen LogP contribution in [0.5, 0.6) is 0 Å². The highest BCUT2D eigenvalue weighted by Gasteiger charge is 2.54. The predicted molar refractivity (Wildman–Crippen MR) is 205 cm³/mol. The molecule has 0 radical (unpaired) electrons. The first kappa shape index (κ1) is 36.4. The molecule has 20 unspecified atom stereocenters. The quantitative estimate of drug-likeness (QED) is 0.160. The zero-order valence-electron chi connectivity index (χ0n) is 32.4. The van der Waals surface area contributed by atoms with E-state index in [4.69, 9.17) is 5.41 Å². The molecule has 4 saturated carbocycles. The van der Waals surface area contributed by atoms with Gasteiger partial charge in [0.15, 0.2) is 0 Å². The standard InChI is InChI=1S/C42H76N8/c1-6-24-10-14-28-32(18-24)23(5)44-37-29-15-11-25(7-2)19-33(29)40(46-37)50-42-35-21-27(9-4)13-17-31(35)39(49-42)48-41-34-20-26(8-3)12-16-30(34)38(47-41)45-36(28)22-43/h22-50H,6-21H2,1-5H3. The van der Waals surface area contributed by atoms with Crippen LogP contribution in [0.3, 0.4) is 0 Å². The van der Waals surface area contributed by atoms with E-state index >= 15 is 0 Å². The average molecular weight is 693 g/mol. The molecular formula is C42H76N8. The van der Waals surface area contributed by atoms with Gasteiger partial charge in [-0.2, -0.15) is 0 Å². The molecule has 4 aliphatic heterocycles. The maximum Gasteiger partial charge on any atom is 0.0628 e. The van der Waals surface area contributed by atoms with Gasteiger partial charge < -0.3 is 5.41 Å². The first-order valence-corrected chi connectivity index (χ1v) is 22.2. The van der Waals surface area contributed by atoms with Crippen molar-refractivity contribution in [3.05, 3.63) is 0 Å². The summed E-state index contributed by atoms with van der Waals surface area (Å²) < 4.78 is 0. The first-order valence-electron chi connectivity index (χ1n) is 22.2. The topological polar surface area (TPSA) is 108 Å². The lowest BCUT2D eigenvalue weighted by Gasteiger charge is -2.45. The molecule has 4 heterocycles. The van der Waals surface area contributed by atoms with Gasteiger partial charge in [0.2, 0.25) is 0 Å². The van der Waals surface area contributed by atoms with Crippen molar-refractivity contribution in [3.63, 3.8) is 0 Å². The SMILES string of the molecule is CCC1CCC2C(C=N)NC3NC(NC4NC(NC5NC(NC(C)C2C1)C1CCC(CC)CC51)C1CC(CC)CCC41)C1CC(CC)CCC31. The van der Waals surface area contributed by atoms with Gasteiger partial charge in [0.1, 0.15) is 0 Å². The van der Waals surface area contributed by atoms with Crippen molar-refractivity contribution in [2.45, 2.75) is 186 Å². The Kier molecular flexibility index (Phi) is 11.4. The zero-order valence-corrected chi connectivity index (χ0v) is 32.4. The Labute approximate surface area is 305 Å². The Morgan fingerprint density at radius 2 is 0.720 bits per heavy atom. The molecule has 0 aromatic heterocycles. The van der Waals surface area contributed by atoms with Crippen molar-refractivity contribution in [2.75, 3.05) is 0 Å². The molecule has 8 N–H and O–H groups in total. The molecule has 8 heteroatoms. The van der Waals surface area contributed by atoms with Crippen molar-refractivity contribution in [1.29, 1.82) is 5.41 Å². The lowest BCUT2D eigenvalue weighted by molar-refractivity contribution is 0.0985. The summed E-state index contributed by atoms with van der Waals surface area (Å²) >= 11 is 0. The zero-order chi connectivity index (χ0) is 34.5. The highest BCUT2D eigenvalue weighted by atomic mass is 15.4. The Bertz CT molecular complexity index is 1140. The number of hydrogen-bond acceptors (Lipinski definition) is 8. The van der Waals surface area contributed by atoms with Crippen LogP contribution in [-0.2, 0) is 0 Å². The van der Waals surface area contributed by atoms with Crippen LogP contribution in [0.25, 0.3) is 0 Å². The molecule has 284 valence electrons. The molecule has 50 heavy (non-hydrogen) atoms. The number of nitrogens with one attached hydrogen (secondary N) is 8. The fourth-order valence-corrected chi connectivity index (χ4v) is 13.8. The van der Waals surface area contributed by atoms with Crippen LogP contribution >= 0.6 is 0 Å². The Morgan fingerprint density at radius 1 is 0.400 bits per heavy atom. The van der Waals surface area contributed by atoms with Gasteiger partial charge in [0, 0.05) is 18.3 Å². The van der Waals surface area contributed by atoms with E-state index in [1.54, 1.807) is 0 Å². The molecule has 0 aromatic rings. The van der Waals surface area contributed by atoms with Gasteiger partial charge in [0.25, 0.3) is 0 Å². The minimum Gasteiger partial charge on any atom is -0.311 e. The van der Waals surface area contributed by atoms with Gasteiger partial charge in [-0.3, -0.25) is 37.2 Å². The monoisotopic (exact) mass is 693 g/mol. The summed E-state index contributed by atoms with van der Waals surface area (Å²) in [6.07, 6.45) is 25.1. The molecule has 4 aliphatic carbocycles. The molecule has 0 aromatic carbocycles. The molecular weight excluding hydrogens is 617 g/mol. The highest BCUT2D eigenvalue weighted by molar-refractivity contribution is 5.61. The van der Waals surface area contributed by atoms with E-state index in [0.717, 1.165) is 23.7 Å². The lowest BCUT2D eigenvalue weighted by atomic mass is 9.67. The van der Waals surface area contributed by atoms with Crippen LogP contribution in [0.4, 0.5) is 0 Å². The first-order chi connectivity index (χ1) is 24.4. The van der Waals surface area contributed by atoms with E-state index in [-0.39, 0.29) is 12.2 Å². The summed E-state index contributed by atoms with van der Waals surface area (Å²) in [5.41, 5.74) is 0. The second kappa shape index (κ2) is 15.6. The normalized spacial score (nSPS) is 53.8. The summed E-state index contributed by atoms with van der Waals surface area (Å²) in [6, 6.07) is 0.552. The van der Waals surface area contributed by atoms with Crippen molar-refractivity contribution in [1.82, 2.24) is 37.2 Å². The largest absolute Gasteiger partial charge is 0.311 e. The third-order valence-electron chi connectivity index (χ3n) is 17.0. The molecule has 8 nitrogen and oxygen atoms in total. The van der Waals surface area contributed by atoms with Crippen LogP contribution in [0.2, 0.25) is 0 Å². The number of rotatable bonds is 5. The van der Waals surface area contributed by atoms with Gasteiger partial charge in [-0.25, -0.2) is 0 Å². The minimum absolute atomic E-state index is 0.125. The molecule has 8 fully saturated rings. The predicted octanol–water partition coefficient (Wildman–Crippen LogP) is 6.30. The second-order valence-corrected chi connectivity index (χ2v) is 19.2. The van der Waals surface area contributed by atoms with Gasteiger partial charge in [0.05, 0.1) is 37.0 Å². The highest BCUT2D eigenvalue weighted by Crippen LogP contribution is 2.48. The van der Waals surface area contributed by atoms with Gasteiger partial charge >= 0.3 is 0 Å². The van der Waals surface area contributed by atoms with Crippen LogP contribution in [-0.4, -0.2) is 55.3 Å². The minimum atomic E-state index is 0.125. The molecule has 8 rings (SSSR count). The van der Waals surface area contributed by atoms with Gasteiger partial charge in [-0.05, 0) is 129 Å². The molecule has 4 saturated heterocycles. The molecule has 20 atom stereocenters. The summed E-state index contributed by atoms with van der Waals surface area (Å²) in [5, 5.41) is 38.9. The molecule has 6 bridgehead atoms. The van der Waals surface area contributed by atoms with Gasteiger partial charge in [-0.15, -0.1) is 0 Å². The van der Waals surface area contributed by atoms with Crippen molar-refractivity contribution in [2.24, 2.45) is 71.0 Å².